The summed E-state index contributed by atoms with van der Waals surface area (Å²) in [5.74, 6) is 6.99. The lowest BCUT2D eigenvalue weighted by Crippen LogP contribution is -2.59. The molecule has 4 rings (SSSR count). The van der Waals surface area contributed by atoms with Gasteiger partial charge in [-0.2, -0.15) is 0 Å². The van der Waals surface area contributed by atoms with Crippen LogP contribution in [0.2, 0.25) is 0 Å². The zero-order valence-corrected chi connectivity index (χ0v) is 39.9. The van der Waals surface area contributed by atoms with Crippen LogP contribution in [0.15, 0.2) is 54.5 Å². The molecule has 12 atom stereocenters. The van der Waals surface area contributed by atoms with Crippen molar-refractivity contribution in [1.29, 1.82) is 0 Å². The van der Waals surface area contributed by atoms with Crippen molar-refractivity contribution in [3.8, 4) is 22.8 Å². The number of methoxy groups -OCH3 is 1. The van der Waals surface area contributed by atoms with E-state index in [2.05, 4.69) is 30.7 Å². The molecule has 2 fully saturated rings. The van der Waals surface area contributed by atoms with E-state index in [9.17, 15) is 20.1 Å². The maximum absolute atomic E-state index is 13.4. The largest absolute Gasteiger partial charge is 0.494 e. The van der Waals surface area contributed by atoms with E-state index in [1.807, 2.05) is 83.1 Å². The van der Waals surface area contributed by atoms with Crippen LogP contribution in [0, 0.1) is 17.8 Å². The average Bonchev–Trinajstić information content (AvgIpc) is 3.23. The third-order valence-electron chi connectivity index (χ3n) is 13.0. The maximum Gasteiger partial charge on any atom is 0.309 e. The third-order valence-corrected chi connectivity index (χ3v) is 13.0. The molecule has 2 aliphatic rings. The van der Waals surface area contributed by atoms with Crippen LogP contribution in [0.4, 0.5) is 0 Å². The molecular weight excluding hydrogens is 805 g/mol. The highest BCUT2D eigenvalue weighted by molar-refractivity contribution is 5.72. The van der Waals surface area contributed by atoms with E-state index in [0.717, 1.165) is 16.9 Å². The molecule has 15 heteroatoms. The van der Waals surface area contributed by atoms with E-state index in [-0.39, 0.29) is 24.0 Å². The van der Waals surface area contributed by atoms with Crippen LogP contribution in [0.1, 0.15) is 100 Å². The highest BCUT2D eigenvalue weighted by atomic mass is 16.6. The van der Waals surface area contributed by atoms with Gasteiger partial charge < -0.3 is 59.5 Å². The van der Waals surface area contributed by atoms with E-state index < -0.39 is 53.7 Å². The maximum atomic E-state index is 13.4. The summed E-state index contributed by atoms with van der Waals surface area (Å²) in [7, 11) is 5.55. The Kier molecular flexibility index (Phi) is 19.5. The number of hydrazine groups is 1. The van der Waals surface area contributed by atoms with Crippen molar-refractivity contribution in [1.82, 2.24) is 19.8 Å². The summed E-state index contributed by atoms with van der Waals surface area (Å²) in [6, 6.07) is 11.1. The Morgan fingerprint density at radius 1 is 1.02 bits per heavy atom. The van der Waals surface area contributed by atoms with Gasteiger partial charge in [0.15, 0.2) is 6.29 Å². The molecule has 0 spiro atoms. The summed E-state index contributed by atoms with van der Waals surface area (Å²) in [6.07, 6.45) is 3.58. The third kappa shape index (κ3) is 15.0. The van der Waals surface area contributed by atoms with Crippen molar-refractivity contribution in [2.24, 2.45) is 29.3 Å². The van der Waals surface area contributed by atoms with Gasteiger partial charge in [0.05, 0.1) is 31.3 Å². The predicted octanol–water partition coefficient (Wildman–Crippen LogP) is 5.31. The molecule has 0 amide bonds. The molecule has 2 aliphatic heterocycles. The first kappa shape index (κ1) is 52.1. The SMILES string of the molecule is CC[C@H]1OC(=O)[C@H](C)C[C@H](C)C[C@](C)(O[C@H]2[C@H](O)O[C@H](C)C[C@@H]2N(C)CC/C(N)=C/N(N)CCCOc2ccc(-c3ccc(OC)nc3)cc2)C[C@@H](C)CN(C)[C@H](C)[C@@H](O)[C@]1(C)O. The number of aliphatic hydroxyl groups is 3. The Morgan fingerprint density at radius 3 is 2.32 bits per heavy atom. The smallest absolute Gasteiger partial charge is 0.309 e. The second-order valence-corrected chi connectivity index (χ2v) is 19.1. The number of rotatable bonds is 15. The normalized spacial score (nSPS) is 33.3. The van der Waals surface area contributed by atoms with Gasteiger partial charge in [-0.3, -0.25) is 4.79 Å². The van der Waals surface area contributed by atoms with Crippen molar-refractivity contribution in [2.75, 3.05) is 47.4 Å². The van der Waals surface area contributed by atoms with Gasteiger partial charge in [0.2, 0.25) is 5.88 Å². The molecule has 356 valence electrons. The van der Waals surface area contributed by atoms with E-state index in [0.29, 0.717) is 82.8 Å². The lowest BCUT2D eigenvalue weighted by Gasteiger charge is -2.47. The molecule has 0 unspecified atom stereocenters. The lowest BCUT2D eigenvalue weighted by atomic mass is 9.81. The molecule has 15 nitrogen and oxygen atoms in total. The number of pyridine rings is 1. The van der Waals surface area contributed by atoms with Gasteiger partial charge in [-0.25, -0.2) is 10.8 Å². The minimum Gasteiger partial charge on any atom is -0.494 e. The number of aromatic nitrogens is 1. The van der Waals surface area contributed by atoms with Crippen molar-refractivity contribution < 1.29 is 43.8 Å². The molecule has 3 heterocycles. The van der Waals surface area contributed by atoms with Crippen LogP contribution < -0.4 is 21.1 Å². The van der Waals surface area contributed by atoms with Crippen LogP contribution in [-0.2, 0) is 19.0 Å². The van der Waals surface area contributed by atoms with Crippen molar-refractivity contribution >= 4 is 5.97 Å². The molecule has 1 aromatic heterocycles. The monoisotopic (exact) mass is 885 g/mol. The number of esters is 1. The number of carbonyl (C=O) groups is 1. The molecule has 0 radical (unpaired) electrons. The van der Waals surface area contributed by atoms with Gasteiger partial charge >= 0.3 is 5.97 Å². The van der Waals surface area contributed by atoms with E-state index in [1.54, 1.807) is 31.4 Å². The number of hydrogen-bond acceptors (Lipinski definition) is 15. The van der Waals surface area contributed by atoms with Crippen LogP contribution in [0.25, 0.3) is 11.1 Å². The number of hydrogen-bond donors (Lipinski definition) is 5. The summed E-state index contributed by atoms with van der Waals surface area (Å²) >= 11 is 0. The fourth-order valence-corrected chi connectivity index (χ4v) is 9.55. The molecule has 7 N–H and O–H groups in total. The first-order chi connectivity index (χ1) is 29.7. The lowest BCUT2D eigenvalue weighted by molar-refractivity contribution is -0.273. The highest BCUT2D eigenvalue weighted by Gasteiger charge is 2.47. The second-order valence-electron chi connectivity index (χ2n) is 19.1. The number of aliphatic hydroxyl groups excluding tert-OH is 2. The number of cyclic esters (lactones) is 1. The quantitative estimate of drug-likeness (QED) is 0.0667. The van der Waals surface area contributed by atoms with Gasteiger partial charge in [0.1, 0.15) is 29.7 Å². The Bertz CT molecular complexity index is 1720. The molecule has 0 bridgehead atoms. The summed E-state index contributed by atoms with van der Waals surface area (Å²) < 4.78 is 30.1. The van der Waals surface area contributed by atoms with Gasteiger partial charge in [-0.1, -0.05) is 39.8 Å². The number of carbonyl (C=O) groups excluding carboxylic acids is 1. The molecule has 2 saturated heterocycles. The molecule has 1 aromatic carbocycles. The summed E-state index contributed by atoms with van der Waals surface area (Å²) in [5.41, 5.74) is 6.81. The van der Waals surface area contributed by atoms with Gasteiger partial charge in [-0.15, -0.1) is 0 Å². The van der Waals surface area contributed by atoms with Gasteiger partial charge in [0, 0.05) is 74.3 Å². The van der Waals surface area contributed by atoms with Gasteiger partial charge in [-0.05, 0) is 109 Å². The van der Waals surface area contributed by atoms with Crippen molar-refractivity contribution in [2.45, 2.75) is 154 Å². The number of benzene rings is 1. The Morgan fingerprint density at radius 2 is 1.68 bits per heavy atom. The highest BCUT2D eigenvalue weighted by Crippen LogP contribution is 2.38. The number of likely N-dealkylation sites (N-methyl/N-ethyl adjacent to an activating group) is 2. The first-order valence-electron chi connectivity index (χ1n) is 22.9. The van der Waals surface area contributed by atoms with Crippen LogP contribution in [0.5, 0.6) is 11.6 Å². The fraction of sp³-hybridized carbons (Fsp3) is 0.708. The minimum absolute atomic E-state index is 0.0559. The first-order valence-corrected chi connectivity index (χ1v) is 22.9. The van der Waals surface area contributed by atoms with Crippen molar-refractivity contribution in [3.63, 3.8) is 0 Å². The Balaban J connectivity index is 1.37. The number of ether oxygens (including phenoxy) is 5. The standard InChI is InChI=1S/C48H80N6O9/c1-12-41-48(8,58)44(55)35(6)53(10)29-32(3)27-47(7,26-31(2)24-33(4)45(56)62-41)63-43-40(25-34(5)61-46(43)57)52(9)22-20-38(49)30-54(50)21-13-23-60-39-17-14-36(15-18-39)37-16-19-42(59-11)51-28-37/h14-19,28,30-35,40-41,43-44,46,55,57-58H,12-13,20-27,29,49-50H2,1-11H3/b38-30-/t31-,32+,33+,34+,35+,40-,41+,43+,44+,46+,47-,48+/m0/s1. The average molecular weight is 885 g/mol. The topological polar surface area (TPSA) is 199 Å². The van der Waals surface area contributed by atoms with E-state index >= 15 is 0 Å². The second kappa shape index (κ2) is 23.6. The Labute approximate surface area is 377 Å². The summed E-state index contributed by atoms with van der Waals surface area (Å²) in [6.45, 7) is 17.7. The minimum atomic E-state index is -1.65. The zero-order chi connectivity index (χ0) is 46.6. The molecule has 0 saturated carbocycles. The molecule has 63 heavy (non-hydrogen) atoms. The Hall–Kier alpha value is -3.54. The van der Waals surface area contributed by atoms with E-state index in [4.69, 9.17) is 35.3 Å². The molecular formula is C48H80N6O9. The van der Waals surface area contributed by atoms with Gasteiger partial charge in [0.25, 0.3) is 0 Å². The predicted molar refractivity (Wildman–Crippen MR) is 245 cm³/mol. The summed E-state index contributed by atoms with van der Waals surface area (Å²) in [5, 5.41) is 36.1. The number of nitrogens with zero attached hydrogens (tertiary/aromatic N) is 4. The van der Waals surface area contributed by atoms with Crippen LogP contribution in [0.3, 0.4) is 0 Å². The molecule has 2 aromatic rings. The number of nitrogens with two attached hydrogens (primary N) is 2. The zero-order valence-electron chi connectivity index (χ0n) is 39.9. The van der Waals surface area contributed by atoms with Crippen molar-refractivity contribution in [3.05, 3.63) is 54.5 Å². The fourth-order valence-electron chi connectivity index (χ4n) is 9.55. The van der Waals surface area contributed by atoms with Crippen LogP contribution in [-0.4, -0.2) is 143 Å². The summed E-state index contributed by atoms with van der Waals surface area (Å²) in [4.78, 5) is 21.9. The van der Waals surface area contributed by atoms with Crippen LogP contribution >= 0.6 is 0 Å². The van der Waals surface area contributed by atoms with E-state index in [1.165, 1.54) is 0 Å². The molecule has 0 aliphatic carbocycles.